The number of hydrogen-bond donors (Lipinski definition) is 4. The highest BCUT2D eigenvalue weighted by Gasteiger charge is 2.51. The van der Waals surface area contributed by atoms with E-state index in [0.717, 1.165) is 25.7 Å². The van der Waals surface area contributed by atoms with Gasteiger partial charge < -0.3 is 35.0 Å². The van der Waals surface area contributed by atoms with Gasteiger partial charge in [0.15, 0.2) is 0 Å². The molecule has 0 spiro atoms. The van der Waals surface area contributed by atoms with Crippen LogP contribution in [0.15, 0.2) is 30.3 Å². The molecule has 8 heteroatoms. The third-order valence-electron chi connectivity index (χ3n) is 7.08. The Bertz CT molecular complexity index is 1130. The van der Waals surface area contributed by atoms with Gasteiger partial charge in [-0.3, -0.25) is 4.79 Å². The molecule has 2 aromatic rings. The Morgan fingerprint density at radius 3 is 2.61 bits per heavy atom. The second-order valence-corrected chi connectivity index (χ2v) is 11.2. The summed E-state index contributed by atoms with van der Waals surface area (Å²) in [4.78, 5) is 15.1. The number of carbonyl (C=O) groups excluding carboxylic acids is 1. The fourth-order valence-corrected chi connectivity index (χ4v) is 4.75. The predicted octanol–water partition coefficient (Wildman–Crippen LogP) is 5.68. The monoisotopic (exact) mass is 498 g/mol. The van der Waals surface area contributed by atoms with Crippen molar-refractivity contribution >= 4 is 23.0 Å². The largest absolute Gasteiger partial charge is 0.508 e. The average Bonchev–Trinajstić information content (AvgIpc) is 3.45. The number of phenolic OH excluding ortho intramolecular Hbond substituents is 3. The summed E-state index contributed by atoms with van der Waals surface area (Å²) >= 11 is 0. The molecule has 0 saturated carbocycles. The average molecular weight is 499 g/mol. The van der Waals surface area contributed by atoms with Gasteiger partial charge in [0, 0.05) is 25.1 Å². The standard InChI is InChI=1S/C28H38N2O6/c1-17(9-10-23-28(5,36-23)12-14-35-27(2,3)4)11-13-30-20-15-18(31)16-22(33)25(20)29-24-19(26(30)34)7-6-8-21(24)32/h6-8,15-17,23,29,31-33H,9-14H2,1-5H3. The van der Waals surface area contributed by atoms with E-state index in [4.69, 9.17) is 9.47 Å². The van der Waals surface area contributed by atoms with Crippen molar-refractivity contribution in [1.82, 2.24) is 0 Å². The van der Waals surface area contributed by atoms with Crippen LogP contribution in [0.3, 0.4) is 0 Å². The van der Waals surface area contributed by atoms with E-state index < -0.39 is 0 Å². The molecule has 196 valence electrons. The molecule has 3 unspecified atom stereocenters. The van der Waals surface area contributed by atoms with Crippen LogP contribution < -0.4 is 10.2 Å². The van der Waals surface area contributed by atoms with Crippen LogP contribution in [-0.4, -0.2) is 51.7 Å². The van der Waals surface area contributed by atoms with Crippen molar-refractivity contribution in [2.75, 3.05) is 23.4 Å². The van der Waals surface area contributed by atoms with Crippen molar-refractivity contribution in [3.05, 3.63) is 35.9 Å². The lowest BCUT2D eigenvalue weighted by molar-refractivity contribution is -0.0106. The summed E-state index contributed by atoms with van der Waals surface area (Å²) in [5.74, 6) is -0.412. The van der Waals surface area contributed by atoms with E-state index >= 15 is 0 Å². The molecular formula is C28H38N2O6. The number of anilines is 3. The first-order valence-corrected chi connectivity index (χ1v) is 12.7. The van der Waals surface area contributed by atoms with E-state index in [-0.39, 0.29) is 51.8 Å². The molecule has 0 bridgehead atoms. The van der Waals surface area contributed by atoms with Crippen LogP contribution in [-0.2, 0) is 9.47 Å². The maximum atomic E-state index is 13.5. The van der Waals surface area contributed by atoms with Crippen LogP contribution >= 0.6 is 0 Å². The SMILES string of the molecule is CC(CCC1OC1(C)CCOC(C)(C)C)CCN1C(=O)c2cccc(O)c2Nc2c(O)cc(O)cc21. The molecule has 8 nitrogen and oxygen atoms in total. The molecule has 4 rings (SSSR count). The van der Waals surface area contributed by atoms with E-state index in [0.29, 0.717) is 30.3 Å². The van der Waals surface area contributed by atoms with Crippen molar-refractivity contribution in [3.63, 3.8) is 0 Å². The highest BCUT2D eigenvalue weighted by molar-refractivity contribution is 6.15. The summed E-state index contributed by atoms with van der Waals surface area (Å²) in [5, 5.41) is 34.0. The van der Waals surface area contributed by atoms with E-state index in [2.05, 4.69) is 39.9 Å². The third kappa shape index (κ3) is 5.71. The molecule has 1 fully saturated rings. The smallest absolute Gasteiger partial charge is 0.260 e. The number of epoxide rings is 1. The number of para-hydroxylation sites is 1. The maximum Gasteiger partial charge on any atom is 0.260 e. The first kappa shape index (κ1) is 26.1. The lowest BCUT2D eigenvalue weighted by Crippen LogP contribution is -2.32. The Morgan fingerprint density at radius 1 is 1.14 bits per heavy atom. The van der Waals surface area contributed by atoms with Crippen molar-refractivity contribution in [3.8, 4) is 17.2 Å². The van der Waals surface area contributed by atoms with Gasteiger partial charge in [-0.2, -0.15) is 0 Å². The Kier molecular flexibility index (Phi) is 7.12. The first-order valence-electron chi connectivity index (χ1n) is 12.7. The topological polar surface area (TPSA) is 115 Å². The molecule has 2 aromatic carbocycles. The normalized spacial score (nSPS) is 21.9. The van der Waals surface area contributed by atoms with E-state index in [1.807, 2.05) is 0 Å². The molecule has 4 N–H and O–H groups in total. The van der Waals surface area contributed by atoms with Gasteiger partial charge in [0.05, 0.1) is 40.9 Å². The number of aromatic hydroxyl groups is 3. The minimum atomic E-state index is -0.304. The summed E-state index contributed by atoms with van der Waals surface area (Å²) in [6.45, 7) is 11.5. The number of nitrogens with one attached hydrogen (secondary N) is 1. The first-order chi connectivity index (χ1) is 16.9. The van der Waals surface area contributed by atoms with Crippen molar-refractivity contribution in [2.45, 2.75) is 77.6 Å². The zero-order valence-electron chi connectivity index (χ0n) is 21.8. The summed E-state index contributed by atoms with van der Waals surface area (Å²) in [6.07, 6.45) is 3.71. The van der Waals surface area contributed by atoms with E-state index in [1.165, 1.54) is 18.2 Å². The molecular weight excluding hydrogens is 460 g/mol. The second kappa shape index (κ2) is 9.82. The van der Waals surface area contributed by atoms with Crippen molar-refractivity contribution in [1.29, 1.82) is 0 Å². The number of amides is 1. The number of carbonyl (C=O) groups is 1. The molecule has 2 heterocycles. The zero-order valence-corrected chi connectivity index (χ0v) is 21.8. The molecule has 0 radical (unpaired) electrons. The molecule has 3 atom stereocenters. The highest BCUT2D eigenvalue weighted by atomic mass is 16.6. The molecule has 36 heavy (non-hydrogen) atoms. The van der Waals surface area contributed by atoms with Crippen LogP contribution in [0.4, 0.5) is 17.1 Å². The van der Waals surface area contributed by atoms with Gasteiger partial charge in [0.1, 0.15) is 22.9 Å². The molecule has 2 aliphatic heterocycles. The van der Waals surface area contributed by atoms with Crippen LogP contribution in [0.25, 0.3) is 0 Å². The Morgan fingerprint density at radius 2 is 1.89 bits per heavy atom. The van der Waals surface area contributed by atoms with Crippen LogP contribution in [0, 0.1) is 5.92 Å². The fraction of sp³-hybridized carbons (Fsp3) is 0.536. The van der Waals surface area contributed by atoms with Gasteiger partial charge in [-0.15, -0.1) is 0 Å². The maximum absolute atomic E-state index is 13.5. The molecule has 2 aliphatic rings. The van der Waals surface area contributed by atoms with Gasteiger partial charge in [-0.1, -0.05) is 13.0 Å². The lowest BCUT2D eigenvalue weighted by atomic mass is 9.95. The number of rotatable bonds is 9. The minimum absolute atomic E-state index is 0.0881. The molecule has 0 aliphatic carbocycles. The zero-order chi connectivity index (χ0) is 26.3. The number of ether oxygens (including phenoxy) is 2. The van der Waals surface area contributed by atoms with Gasteiger partial charge in [-0.25, -0.2) is 0 Å². The van der Waals surface area contributed by atoms with Gasteiger partial charge >= 0.3 is 0 Å². The van der Waals surface area contributed by atoms with E-state index in [9.17, 15) is 20.1 Å². The summed E-state index contributed by atoms with van der Waals surface area (Å²) in [7, 11) is 0. The van der Waals surface area contributed by atoms with Crippen LogP contribution in [0.1, 0.15) is 70.7 Å². The van der Waals surface area contributed by atoms with E-state index in [1.54, 1.807) is 17.0 Å². The number of nitrogens with zero attached hydrogens (tertiary/aromatic N) is 1. The van der Waals surface area contributed by atoms with Gasteiger partial charge in [-0.05, 0) is 65.0 Å². The summed E-state index contributed by atoms with van der Waals surface area (Å²) < 4.78 is 11.8. The minimum Gasteiger partial charge on any atom is -0.508 e. The van der Waals surface area contributed by atoms with Crippen LogP contribution in [0.2, 0.25) is 0 Å². The summed E-state index contributed by atoms with van der Waals surface area (Å²) in [5.41, 5.74) is 0.905. The molecule has 1 saturated heterocycles. The Balaban J connectivity index is 1.40. The summed E-state index contributed by atoms with van der Waals surface area (Å²) in [6, 6.07) is 7.40. The lowest BCUT2D eigenvalue weighted by Gasteiger charge is -2.25. The number of hydrogen-bond acceptors (Lipinski definition) is 7. The second-order valence-electron chi connectivity index (χ2n) is 11.2. The number of benzene rings is 2. The number of fused-ring (bicyclic) bond motifs is 2. The van der Waals surface area contributed by atoms with Crippen molar-refractivity contribution < 1.29 is 29.6 Å². The predicted molar refractivity (Wildman–Crippen MR) is 139 cm³/mol. The molecule has 1 amide bonds. The Hall–Kier alpha value is -2.97. The quantitative estimate of drug-likeness (QED) is 0.200. The van der Waals surface area contributed by atoms with Gasteiger partial charge in [0.2, 0.25) is 0 Å². The van der Waals surface area contributed by atoms with Gasteiger partial charge in [0.25, 0.3) is 5.91 Å². The Labute approximate surface area is 212 Å². The van der Waals surface area contributed by atoms with Crippen molar-refractivity contribution in [2.24, 2.45) is 5.92 Å². The number of phenols is 3. The fourth-order valence-electron chi connectivity index (χ4n) is 4.75. The highest BCUT2D eigenvalue weighted by Crippen LogP contribution is 2.46. The molecule has 0 aromatic heterocycles. The third-order valence-corrected chi connectivity index (χ3v) is 7.08. The van der Waals surface area contributed by atoms with Crippen LogP contribution in [0.5, 0.6) is 17.2 Å².